The first-order chi connectivity index (χ1) is 6.13. The number of primary amides is 1. The van der Waals surface area contributed by atoms with Gasteiger partial charge in [-0.3, -0.25) is 9.48 Å². The minimum absolute atomic E-state index is 0.101. The van der Waals surface area contributed by atoms with Gasteiger partial charge in [-0.25, -0.2) is 0 Å². The van der Waals surface area contributed by atoms with Gasteiger partial charge in [0.15, 0.2) is 0 Å². The molecule has 6 nitrogen and oxygen atoms in total. The van der Waals surface area contributed by atoms with Gasteiger partial charge in [-0.15, -0.1) is 0 Å². The van der Waals surface area contributed by atoms with Gasteiger partial charge in [-0.05, 0) is 0 Å². The van der Waals surface area contributed by atoms with E-state index in [1.807, 2.05) is 0 Å². The summed E-state index contributed by atoms with van der Waals surface area (Å²) in [6.45, 7) is 0.482. The van der Waals surface area contributed by atoms with Gasteiger partial charge >= 0.3 is 0 Å². The highest BCUT2D eigenvalue weighted by Gasteiger charge is 2.03. The number of nitrogens with two attached hydrogens (primary N) is 2. The normalized spacial score (nSPS) is 10.0. The summed E-state index contributed by atoms with van der Waals surface area (Å²) in [4.78, 5) is 10.5. The molecular weight excluding hydrogens is 170 g/mol. The van der Waals surface area contributed by atoms with Gasteiger partial charge in [-0.1, -0.05) is 0 Å². The maximum atomic E-state index is 10.5. The molecule has 0 atom stereocenters. The predicted molar refractivity (Wildman–Crippen MR) is 48.8 cm³/mol. The molecule has 0 saturated heterocycles. The van der Waals surface area contributed by atoms with E-state index < -0.39 is 5.91 Å². The number of aromatic nitrogens is 2. The van der Waals surface area contributed by atoms with Crippen LogP contribution in [0.5, 0.6) is 0 Å². The van der Waals surface area contributed by atoms with E-state index in [-0.39, 0.29) is 6.54 Å². The average Bonchev–Trinajstić information content (AvgIpc) is 2.43. The van der Waals surface area contributed by atoms with Crippen LogP contribution in [0.1, 0.15) is 5.69 Å². The first kappa shape index (κ1) is 9.53. The lowest BCUT2D eigenvalue weighted by Crippen LogP contribution is -2.22. The maximum Gasteiger partial charge on any atom is 0.236 e. The van der Waals surface area contributed by atoms with E-state index in [1.165, 1.54) is 0 Å². The molecule has 13 heavy (non-hydrogen) atoms. The van der Waals surface area contributed by atoms with Crippen LogP contribution in [0, 0.1) is 0 Å². The molecule has 0 aromatic carbocycles. The lowest BCUT2D eigenvalue weighted by Gasteiger charge is -2.01. The van der Waals surface area contributed by atoms with Gasteiger partial charge in [0.05, 0.1) is 12.2 Å². The standard InChI is InChI=1S/C7H13N5O/c1-12-7(10-4-6(9)13)2-5(3-8)11-12/h2,10H,3-4,8H2,1H3,(H2,9,13). The number of nitrogens with one attached hydrogen (secondary N) is 1. The second-order valence-electron chi connectivity index (χ2n) is 2.67. The molecule has 1 rings (SSSR count). The minimum atomic E-state index is -0.407. The highest BCUT2D eigenvalue weighted by Crippen LogP contribution is 2.07. The van der Waals surface area contributed by atoms with Crippen molar-refractivity contribution < 1.29 is 4.79 Å². The summed E-state index contributed by atoms with van der Waals surface area (Å²) in [5, 5.41) is 6.92. The Morgan fingerprint density at radius 3 is 2.92 bits per heavy atom. The Kier molecular flexibility index (Phi) is 2.86. The predicted octanol–water partition coefficient (Wildman–Crippen LogP) is -1.22. The van der Waals surface area contributed by atoms with E-state index in [4.69, 9.17) is 11.5 Å². The topological polar surface area (TPSA) is 99.0 Å². The molecule has 72 valence electrons. The fourth-order valence-corrected chi connectivity index (χ4v) is 0.970. The lowest BCUT2D eigenvalue weighted by molar-refractivity contribution is -0.116. The van der Waals surface area contributed by atoms with Gasteiger partial charge in [0.2, 0.25) is 5.91 Å². The van der Waals surface area contributed by atoms with Crippen molar-refractivity contribution in [3.05, 3.63) is 11.8 Å². The molecule has 5 N–H and O–H groups in total. The first-order valence-corrected chi connectivity index (χ1v) is 3.88. The van der Waals surface area contributed by atoms with Crippen LogP contribution in [0.15, 0.2) is 6.07 Å². The van der Waals surface area contributed by atoms with Crippen molar-refractivity contribution in [2.45, 2.75) is 6.54 Å². The fraction of sp³-hybridized carbons (Fsp3) is 0.429. The van der Waals surface area contributed by atoms with Crippen LogP contribution >= 0.6 is 0 Å². The first-order valence-electron chi connectivity index (χ1n) is 3.88. The molecule has 0 spiro atoms. The number of aryl methyl sites for hydroxylation is 1. The van der Waals surface area contributed by atoms with E-state index in [9.17, 15) is 4.79 Å². The SMILES string of the molecule is Cn1nc(CN)cc1NCC(N)=O. The molecule has 0 radical (unpaired) electrons. The number of hydrogen-bond acceptors (Lipinski definition) is 4. The van der Waals surface area contributed by atoms with Crippen molar-refractivity contribution in [3.8, 4) is 0 Å². The van der Waals surface area contributed by atoms with Crippen LogP contribution in [-0.4, -0.2) is 22.2 Å². The summed E-state index contributed by atoms with van der Waals surface area (Å²) < 4.78 is 1.62. The number of hydrogen-bond donors (Lipinski definition) is 3. The number of carbonyl (C=O) groups excluding carboxylic acids is 1. The smallest absolute Gasteiger partial charge is 0.236 e. The Bertz CT molecular complexity index is 306. The van der Waals surface area contributed by atoms with E-state index >= 15 is 0 Å². The number of carbonyl (C=O) groups is 1. The summed E-state index contributed by atoms with van der Waals surface area (Å²) >= 11 is 0. The zero-order valence-electron chi connectivity index (χ0n) is 7.45. The van der Waals surface area contributed by atoms with Crippen LogP contribution in [0.3, 0.4) is 0 Å². The van der Waals surface area contributed by atoms with E-state index in [0.29, 0.717) is 6.54 Å². The molecule has 0 aliphatic rings. The number of nitrogens with zero attached hydrogens (tertiary/aromatic N) is 2. The summed E-state index contributed by atoms with van der Waals surface area (Å²) in [6.07, 6.45) is 0. The van der Waals surface area contributed by atoms with Crippen LogP contribution in [-0.2, 0) is 18.4 Å². The van der Waals surface area contributed by atoms with Gasteiger partial charge in [0, 0.05) is 19.7 Å². The number of amides is 1. The van der Waals surface area contributed by atoms with Gasteiger partial charge in [0.1, 0.15) is 5.82 Å². The second kappa shape index (κ2) is 3.90. The van der Waals surface area contributed by atoms with E-state index in [0.717, 1.165) is 11.5 Å². The Morgan fingerprint density at radius 2 is 2.46 bits per heavy atom. The lowest BCUT2D eigenvalue weighted by atomic mass is 10.4. The highest BCUT2D eigenvalue weighted by molar-refractivity contribution is 5.78. The fourth-order valence-electron chi connectivity index (χ4n) is 0.970. The average molecular weight is 183 g/mol. The monoisotopic (exact) mass is 183 g/mol. The molecule has 0 saturated carbocycles. The third-order valence-electron chi connectivity index (χ3n) is 1.58. The molecule has 0 aliphatic carbocycles. The minimum Gasteiger partial charge on any atom is -0.368 e. The molecular formula is C7H13N5O. The molecule has 0 bridgehead atoms. The Labute approximate surface area is 75.9 Å². The largest absolute Gasteiger partial charge is 0.368 e. The van der Waals surface area contributed by atoms with Crippen molar-refractivity contribution in [3.63, 3.8) is 0 Å². The van der Waals surface area contributed by atoms with Crippen LogP contribution in [0.4, 0.5) is 5.82 Å². The third-order valence-corrected chi connectivity index (χ3v) is 1.58. The van der Waals surface area contributed by atoms with Gasteiger partial charge in [0.25, 0.3) is 0 Å². The molecule has 0 aliphatic heterocycles. The van der Waals surface area contributed by atoms with Crippen molar-refractivity contribution >= 4 is 11.7 Å². The van der Waals surface area contributed by atoms with Crippen LogP contribution in [0.2, 0.25) is 0 Å². The molecule has 6 heteroatoms. The number of rotatable bonds is 4. The zero-order chi connectivity index (χ0) is 9.84. The van der Waals surface area contributed by atoms with Gasteiger partial charge in [-0.2, -0.15) is 5.10 Å². The molecule has 1 heterocycles. The molecule has 1 aromatic rings. The van der Waals surface area contributed by atoms with Crippen molar-refractivity contribution in [1.29, 1.82) is 0 Å². The third kappa shape index (κ3) is 2.45. The highest BCUT2D eigenvalue weighted by atomic mass is 16.1. The quantitative estimate of drug-likeness (QED) is 0.544. The van der Waals surface area contributed by atoms with E-state index in [2.05, 4.69) is 10.4 Å². The van der Waals surface area contributed by atoms with Gasteiger partial charge < -0.3 is 16.8 Å². The molecule has 1 aromatic heterocycles. The molecule has 0 fully saturated rings. The zero-order valence-corrected chi connectivity index (χ0v) is 7.45. The maximum absolute atomic E-state index is 10.5. The Balaban J connectivity index is 2.65. The Morgan fingerprint density at radius 1 is 1.77 bits per heavy atom. The Hall–Kier alpha value is -1.56. The molecule has 0 unspecified atom stereocenters. The van der Waals surface area contributed by atoms with Crippen molar-refractivity contribution in [2.75, 3.05) is 11.9 Å². The summed E-state index contributed by atoms with van der Waals surface area (Å²) in [6, 6.07) is 1.78. The summed E-state index contributed by atoms with van der Waals surface area (Å²) in [7, 11) is 1.77. The van der Waals surface area contributed by atoms with E-state index in [1.54, 1.807) is 17.8 Å². The van der Waals surface area contributed by atoms with Crippen LogP contribution < -0.4 is 16.8 Å². The van der Waals surface area contributed by atoms with Crippen LogP contribution in [0.25, 0.3) is 0 Å². The summed E-state index contributed by atoms with van der Waals surface area (Å²) in [5.74, 6) is 0.328. The number of anilines is 1. The molecule has 1 amide bonds. The van der Waals surface area contributed by atoms with Crippen molar-refractivity contribution in [2.24, 2.45) is 18.5 Å². The second-order valence-corrected chi connectivity index (χ2v) is 2.67. The summed E-state index contributed by atoms with van der Waals surface area (Å²) in [5.41, 5.74) is 11.1. The van der Waals surface area contributed by atoms with Crippen molar-refractivity contribution in [1.82, 2.24) is 9.78 Å².